The highest BCUT2D eigenvalue weighted by Gasteiger charge is 2.14. The zero-order chi connectivity index (χ0) is 20.4. The van der Waals surface area contributed by atoms with Gasteiger partial charge in [0.2, 0.25) is 5.82 Å². The van der Waals surface area contributed by atoms with E-state index in [4.69, 9.17) is 20.9 Å². The number of hydrogen-bond acceptors (Lipinski definition) is 8. The molecule has 29 heavy (non-hydrogen) atoms. The van der Waals surface area contributed by atoms with Crippen molar-refractivity contribution >= 4 is 34.2 Å². The van der Waals surface area contributed by atoms with E-state index in [9.17, 15) is 14.9 Å². The number of nitrogens with zero attached hydrogens (tertiary/aromatic N) is 4. The van der Waals surface area contributed by atoms with Gasteiger partial charge in [-0.3, -0.25) is 10.1 Å². The zero-order valence-electron chi connectivity index (χ0n) is 14.6. The molecule has 0 unspecified atom stereocenters. The summed E-state index contributed by atoms with van der Waals surface area (Å²) in [4.78, 5) is 30.8. The number of pyridine rings is 1. The van der Waals surface area contributed by atoms with Crippen LogP contribution in [0.3, 0.4) is 0 Å². The Balaban J connectivity index is 1.43. The van der Waals surface area contributed by atoms with E-state index in [0.717, 1.165) is 5.39 Å². The Hall–Kier alpha value is -3.85. The highest BCUT2D eigenvalue weighted by molar-refractivity contribution is 6.29. The number of esters is 1. The molecular weight excluding hydrogens is 400 g/mol. The van der Waals surface area contributed by atoms with Crippen LogP contribution in [0.1, 0.15) is 16.2 Å². The van der Waals surface area contributed by atoms with Crippen LogP contribution in [0, 0.1) is 10.1 Å². The van der Waals surface area contributed by atoms with Crippen LogP contribution in [0.4, 0.5) is 5.69 Å². The number of rotatable bonds is 5. The summed E-state index contributed by atoms with van der Waals surface area (Å²) in [5.74, 6) is -0.225. The topological polar surface area (TPSA) is 121 Å². The second-order valence-corrected chi connectivity index (χ2v) is 6.32. The molecule has 0 aliphatic heterocycles. The van der Waals surface area contributed by atoms with Crippen molar-refractivity contribution in [2.45, 2.75) is 6.61 Å². The van der Waals surface area contributed by atoms with Crippen LogP contribution in [0.2, 0.25) is 5.15 Å². The van der Waals surface area contributed by atoms with Gasteiger partial charge in [-0.15, -0.1) is 0 Å². The number of hydrogen-bond donors (Lipinski definition) is 0. The Labute approximate surface area is 168 Å². The summed E-state index contributed by atoms with van der Waals surface area (Å²) in [7, 11) is 0. The molecule has 0 aliphatic carbocycles. The lowest BCUT2D eigenvalue weighted by atomic mass is 10.1. The first-order valence-corrected chi connectivity index (χ1v) is 8.68. The quantitative estimate of drug-likeness (QED) is 0.207. The predicted octanol–water partition coefficient (Wildman–Crippen LogP) is 4.20. The van der Waals surface area contributed by atoms with Crippen molar-refractivity contribution in [3.63, 3.8) is 0 Å². The third-order valence-electron chi connectivity index (χ3n) is 4.02. The van der Waals surface area contributed by atoms with Crippen LogP contribution in [0.5, 0.6) is 0 Å². The summed E-state index contributed by atoms with van der Waals surface area (Å²) < 4.78 is 10.3. The van der Waals surface area contributed by atoms with Gasteiger partial charge >= 0.3 is 5.97 Å². The Morgan fingerprint density at radius 3 is 2.66 bits per heavy atom. The van der Waals surface area contributed by atoms with Crippen LogP contribution in [0.15, 0.2) is 59.1 Å². The first-order valence-electron chi connectivity index (χ1n) is 8.30. The van der Waals surface area contributed by atoms with Crippen molar-refractivity contribution in [1.82, 2.24) is 15.1 Å². The van der Waals surface area contributed by atoms with E-state index in [-0.39, 0.29) is 24.0 Å². The maximum Gasteiger partial charge on any atom is 0.338 e. The van der Waals surface area contributed by atoms with Gasteiger partial charge in [0.05, 0.1) is 16.0 Å². The van der Waals surface area contributed by atoms with E-state index < -0.39 is 10.9 Å². The number of fused-ring (bicyclic) bond motifs is 1. The van der Waals surface area contributed by atoms with E-state index in [1.54, 1.807) is 30.3 Å². The van der Waals surface area contributed by atoms with Crippen LogP contribution < -0.4 is 0 Å². The van der Waals surface area contributed by atoms with E-state index >= 15 is 0 Å². The summed E-state index contributed by atoms with van der Waals surface area (Å²) in [5, 5.41) is 15.6. The van der Waals surface area contributed by atoms with Gasteiger partial charge in [-0.2, -0.15) is 4.98 Å². The molecule has 0 saturated carbocycles. The van der Waals surface area contributed by atoms with Gasteiger partial charge in [-0.25, -0.2) is 9.78 Å². The molecule has 4 aromatic rings. The molecule has 0 aliphatic rings. The lowest BCUT2D eigenvalue weighted by Crippen LogP contribution is -2.05. The molecule has 2 aromatic heterocycles. The van der Waals surface area contributed by atoms with Crippen molar-refractivity contribution < 1.29 is 19.0 Å². The molecule has 10 heteroatoms. The molecule has 0 fully saturated rings. The predicted molar refractivity (Wildman–Crippen MR) is 102 cm³/mol. The maximum absolute atomic E-state index is 12.3. The highest BCUT2D eigenvalue weighted by Crippen LogP contribution is 2.21. The second-order valence-electron chi connectivity index (χ2n) is 5.93. The number of halogens is 1. The van der Waals surface area contributed by atoms with E-state index in [2.05, 4.69) is 15.1 Å². The first-order chi connectivity index (χ1) is 14.0. The lowest BCUT2D eigenvalue weighted by molar-refractivity contribution is -0.384. The van der Waals surface area contributed by atoms with Crippen LogP contribution in [-0.2, 0) is 11.3 Å². The van der Waals surface area contributed by atoms with Gasteiger partial charge in [-0.1, -0.05) is 16.8 Å². The number of aromatic nitrogens is 3. The number of non-ortho nitro benzene ring substituents is 1. The molecule has 144 valence electrons. The normalized spacial score (nSPS) is 10.8. The standard InChI is InChI=1S/C19H11ClN4O5/c20-16-8-4-12-9-13(3-7-15(12)21-16)19(25)28-10-17-22-18(23-29-17)11-1-5-14(6-2-11)24(26)27/h1-9H,10H2. The molecule has 0 saturated heterocycles. The Morgan fingerprint density at radius 1 is 1.10 bits per heavy atom. The fourth-order valence-electron chi connectivity index (χ4n) is 2.60. The number of nitro benzene ring substituents is 1. The van der Waals surface area contributed by atoms with Crippen molar-refractivity contribution in [1.29, 1.82) is 0 Å². The molecule has 4 rings (SSSR count). The summed E-state index contributed by atoms with van der Waals surface area (Å²) in [5.41, 5.74) is 1.51. The third-order valence-corrected chi connectivity index (χ3v) is 4.23. The smallest absolute Gasteiger partial charge is 0.338 e. The molecule has 0 radical (unpaired) electrons. The van der Waals surface area contributed by atoms with Gasteiger partial charge in [0.15, 0.2) is 6.61 Å². The van der Waals surface area contributed by atoms with Crippen molar-refractivity contribution in [2.24, 2.45) is 0 Å². The van der Waals surface area contributed by atoms with Gasteiger partial charge in [0.25, 0.3) is 11.6 Å². The monoisotopic (exact) mass is 410 g/mol. The Kier molecular flexibility index (Phi) is 4.88. The molecule has 9 nitrogen and oxygen atoms in total. The molecule has 2 heterocycles. The van der Waals surface area contributed by atoms with Gasteiger partial charge in [0, 0.05) is 23.1 Å². The van der Waals surface area contributed by atoms with E-state index in [1.807, 2.05) is 0 Å². The van der Waals surface area contributed by atoms with Crippen molar-refractivity contribution in [3.8, 4) is 11.4 Å². The average Bonchev–Trinajstić information content (AvgIpc) is 3.20. The molecule has 0 bridgehead atoms. The molecular formula is C19H11ClN4O5. The fourth-order valence-corrected chi connectivity index (χ4v) is 2.76. The third kappa shape index (κ3) is 4.04. The van der Waals surface area contributed by atoms with Gasteiger partial charge in [0.1, 0.15) is 5.15 Å². The largest absolute Gasteiger partial charge is 0.452 e. The maximum atomic E-state index is 12.3. The molecule has 0 amide bonds. The molecule has 0 spiro atoms. The molecule has 0 N–H and O–H groups in total. The van der Waals surface area contributed by atoms with Crippen molar-refractivity contribution in [3.05, 3.63) is 81.3 Å². The minimum atomic E-state index is -0.558. The average molecular weight is 411 g/mol. The molecule has 0 atom stereocenters. The van der Waals surface area contributed by atoms with Crippen molar-refractivity contribution in [2.75, 3.05) is 0 Å². The summed E-state index contributed by atoms with van der Waals surface area (Å²) in [6.07, 6.45) is 0. The zero-order valence-corrected chi connectivity index (χ0v) is 15.4. The number of ether oxygens (including phenoxy) is 1. The van der Waals surface area contributed by atoms with Crippen LogP contribution in [-0.4, -0.2) is 26.0 Å². The van der Waals surface area contributed by atoms with Gasteiger partial charge < -0.3 is 9.26 Å². The SMILES string of the molecule is O=C(OCc1nc(-c2ccc([N+](=O)[O-])cc2)no1)c1ccc2nc(Cl)ccc2c1. The number of nitro groups is 1. The summed E-state index contributed by atoms with van der Waals surface area (Å²) in [6.45, 7) is -0.213. The Morgan fingerprint density at radius 2 is 1.90 bits per heavy atom. The number of benzene rings is 2. The summed E-state index contributed by atoms with van der Waals surface area (Å²) in [6, 6.07) is 14.0. The number of carbonyl (C=O) groups excluding carboxylic acids is 1. The highest BCUT2D eigenvalue weighted by atomic mass is 35.5. The Bertz CT molecular complexity index is 1220. The summed E-state index contributed by atoms with van der Waals surface area (Å²) >= 11 is 5.85. The fraction of sp³-hybridized carbons (Fsp3) is 0.0526. The second kappa shape index (κ2) is 7.64. The van der Waals surface area contributed by atoms with Crippen LogP contribution in [0.25, 0.3) is 22.3 Å². The number of carbonyl (C=O) groups is 1. The lowest BCUT2D eigenvalue weighted by Gasteiger charge is -2.03. The minimum Gasteiger partial charge on any atom is -0.452 e. The minimum absolute atomic E-state index is 0.0424. The first kappa shape index (κ1) is 18.5. The van der Waals surface area contributed by atoms with Crippen LogP contribution >= 0.6 is 11.6 Å². The molecule has 2 aromatic carbocycles. The van der Waals surface area contributed by atoms with E-state index in [0.29, 0.717) is 21.8 Å². The van der Waals surface area contributed by atoms with Gasteiger partial charge in [-0.05, 0) is 42.5 Å². The van der Waals surface area contributed by atoms with E-state index in [1.165, 1.54) is 24.3 Å².